The lowest BCUT2D eigenvalue weighted by atomic mass is 10.1. The number of benzene rings is 3. The molecule has 0 saturated carbocycles. The van der Waals surface area contributed by atoms with E-state index < -0.39 is 6.10 Å². The molecule has 24 heavy (non-hydrogen) atoms. The summed E-state index contributed by atoms with van der Waals surface area (Å²) in [4.78, 5) is 12.5. The number of carbonyl (C=O) groups is 1. The number of hydrogen-bond donors (Lipinski definition) is 1. The molecular weight excluding hydrogens is 413 g/mol. The minimum absolute atomic E-state index is 0.133. The van der Waals surface area contributed by atoms with Gasteiger partial charge in [0, 0.05) is 9.26 Å². The number of ether oxygens (including phenoxy) is 1. The average molecular weight is 431 g/mol. The molecule has 1 amide bonds. The fourth-order valence-corrected chi connectivity index (χ4v) is 2.84. The summed E-state index contributed by atoms with van der Waals surface area (Å²) < 4.78 is 7.05. The lowest BCUT2D eigenvalue weighted by molar-refractivity contribution is -0.122. The molecule has 1 atom stereocenters. The van der Waals surface area contributed by atoms with Crippen molar-refractivity contribution in [2.75, 3.05) is 5.32 Å². The van der Waals surface area contributed by atoms with Crippen LogP contribution in [0.4, 0.5) is 5.69 Å². The highest BCUT2D eigenvalue weighted by molar-refractivity contribution is 14.1. The summed E-state index contributed by atoms with van der Waals surface area (Å²) >= 11 is 2.24. The molecule has 0 spiro atoms. The zero-order chi connectivity index (χ0) is 16.9. The van der Waals surface area contributed by atoms with E-state index in [1.54, 1.807) is 0 Å². The molecule has 0 radical (unpaired) electrons. The topological polar surface area (TPSA) is 38.3 Å². The van der Waals surface area contributed by atoms with Crippen LogP contribution in [0, 0.1) is 3.57 Å². The Morgan fingerprint density at radius 1 is 1.04 bits per heavy atom. The first-order valence-corrected chi connectivity index (χ1v) is 8.95. The van der Waals surface area contributed by atoms with Gasteiger partial charge in [-0.05, 0) is 76.2 Å². The molecule has 3 rings (SSSR count). The SMILES string of the molecule is CCC(Oc1ccc2ccccc2c1)C(=O)Nc1ccc(I)cc1. The van der Waals surface area contributed by atoms with E-state index in [-0.39, 0.29) is 5.91 Å². The van der Waals surface area contributed by atoms with Gasteiger partial charge in [0.05, 0.1) is 0 Å². The minimum atomic E-state index is -0.523. The Kier molecular flexibility index (Phi) is 5.35. The van der Waals surface area contributed by atoms with Gasteiger partial charge in [-0.25, -0.2) is 0 Å². The highest BCUT2D eigenvalue weighted by Gasteiger charge is 2.18. The van der Waals surface area contributed by atoms with Gasteiger partial charge in [-0.3, -0.25) is 4.79 Å². The molecule has 3 nitrogen and oxygen atoms in total. The molecule has 0 aliphatic rings. The second-order valence-electron chi connectivity index (χ2n) is 5.52. The number of rotatable bonds is 5. The summed E-state index contributed by atoms with van der Waals surface area (Å²) in [5.74, 6) is 0.574. The normalized spacial score (nSPS) is 11.9. The van der Waals surface area contributed by atoms with E-state index in [4.69, 9.17) is 4.74 Å². The summed E-state index contributed by atoms with van der Waals surface area (Å²) in [6.07, 6.45) is 0.0775. The minimum Gasteiger partial charge on any atom is -0.481 e. The Morgan fingerprint density at radius 3 is 2.46 bits per heavy atom. The molecular formula is C20H18INO2. The predicted octanol–water partition coefficient (Wildman–Crippen LogP) is 5.24. The Labute approximate surface area is 155 Å². The van der Waals surface area contributed by atoms with Crippen molar-refractivity contribution in [1.29, 1.82) is 0 Å². The molecule has 0 aliphatic carbocycles. The molecule has 4 heteroatoms. The van der Waals surface area contributed by atoms with Gasteiger partial charge in [0.1, 0.15) is 5.75 Å². The van der Waals surface area contributed by atoms with Gasteiger partial charge in [-0.1, -0.05) is 37.3 Å². The number of carbonyl (C=O) groups excluding carboxylic acids is 1. The smallest absolute Gasteiger partial charge is 0.265 e. The van der Waals surface area contributed by atoms with Gasteiger partial charge >= 0.3 is 0 Å². The summed E-state index contributed by atoms with van der Waals surface area (Å²) in [5.41, 5.74) is 0.779. The lowest BCUT2D eigenvalue weighted by Gasteiger charge is -2.17. The molecule has 0 saturated heterocycles. The Hall–Kier alpha value is -2.08. The Morgan fingerprint density at radius 2 is 1.75 bits per heavy atom. The maximum atomic E-state index is 12.5. The van der Waals surface area contributed by atoms with Crippen LogP contribution in [0.2, 0.25) is 0 Å². The van der Waals surface area contributed by atoms with E-state index in [1.165, 1.54) is 0 Å². The monoisotopic (exact) mass is 431 g/mol. The molecule has 122 valence electrons. The average Bonchev–Trinajstić information content (AvgIpc) is 2.61. The highest BCUT2D eigenvalue weighted by atomic mass is 127. The van der Waals surface area contributed by atoms with Crippen molar-refractivity contribution in [3.05, 3.63) is 70.3 Å². The van der Waals surface area contributed by atoms with E-state index in [0.29, 0.717) is 12.2 Å². The summed E-state index contributed by atoms with van der Waals surface area (Å²) in [6.45, 7) is 1.94. The summed E-state index contributed by atoms with van der Waals surface area (Å²) in [7, 11) is 0. The standard InChI is InChI=1S/C20H18INO2/c1-2-19(20(23)22-17-10-8-16(21)9-11-17)24-18-12-7-14-5-3-4-6-15(14)13-18/h3-13,19H,2H2,1H3,(H,22,23). The van der Waals surface area contributed by atoms with Crippen molar-refractivity contribution in [2.24, 2.45) is 0 Å². The van der Waals surface area contributed by atoms with E-state index >= 15 is 0 Å². The van der Waals surface area contributed by atoms with Gasteiger partial charge in [-0.2, -0.15) is 0 Å². The summed E-state index contributed by atoms with van der Waals surface area (Å²) in [5, 5.41) is 5.16. The van der Waals surface area contributed by atoms with Gasteiger partial charge in [0.25, 0.3) is 5.91 Å². The highest BCUT2D eigenvalue weighted by Crippen LogP contribution is 2.22. The van der Waals surface area contributed by atoms with Crippen LogP contribution in [0.3, 0.4) is 0 Å². The first-order chi connectivity index (χ1) is 11.7. The zero-order valence-corrected chi connectivity index (χ0v) is 15.5. The molecule has 1 N–H and O–H groups in total. The van der Waals surface area contributed by atoms with E-state index in [9.17, 15) is 4.79 Å². The van der Waals surface area contributed by atoms with Gasteiger partial charge in [-0.15, -0.1) is 0 Å². The summed E-state index contributed by atoms with van der Waals surface area (Å²) in [6, 6.07) is 21.7. The molecule has 3 aromatic rings. The van der Waals surface area contributed by atoms with Gasteiger partial charge < -0.3 is 10.1 Å². The molecule has 1 unspecified atom stereocenters. The van der Waals surface area contributed by atoms with Crippen molar-refractivity contribution in [3.63, 3.8) is 0 Å². The van der Waals surface area contributed by atoms with Crippen molar-refractivity contribution < 1.29 is 9.53 Å². The van der Waals surface area contributed by atoms with Crippen LogP contribution in [0.5, 0.6) is 5.75 Å². The lowest BCUT2D eigenvalue weighted by Crippen LogP contribution is -2.32. The third-order valence-electron chi connectivity index (χ3n) is 3.77. The van der Waals surface area contributed by atoms with E-state index in [0.717, 1.165) is 20.0 Å². The van der Waals surface area contributed by atoms with Crippen molar-refractivity contribution >= 4 is 45.0 Å². The van der Waals surface area contributed by atoms with Gasteiger partial charge in [0.2, 0.25) is 0 Å². The first-order valence-electron chi connectivity index (χ1n) is 7.87. The second kappa shape index (κ2) is 7.66. The van der Waals surface area contributed by atoms with Gasteiger partial charge in [0.15, 0.2) is 6.10 Å². The van der Waals surface area contributed by atoms with Crippen LogP contribution in [-0.2, 0) is 4.79 Å². The predicted molar refractivity (Wildman–Crippen MR) is 106 cm³/mol. The quantitative estimate of drug-likeness (QED) is 0.562. The number of hydrogen-bond acceptors (Lipinski definition) is 2. The van der Waals surface area contributed by atoms with Crippen LogP contribution in [0.1, 0.15) is 13.3 Å². The number of nitrogens with one attached hydrogen (secondary N) is 1. The van der Waals surface area contributed by atoms with Crippen LogP contribution in [0.25, 0.3) is 10.8 Å². The molecule has 3 aromatic carbocycles. The first kappa shape index (κ1) is 16.8. The Balaban J connectivity index is 1.72. The molecule has 0 heterocycles. The van der Waals surface area contributed by atoms with E-state index in [2.05, 4.69) is 34.0 Å². The van der Waals surface area contributed by atoms with Crippen LogP contribution < -0.4 is 10.1 Å². The number of halogens is 1. The van der Waals surface area contributed by atoms with Crippen LogP contribution in [-0.4, -0.2) is 12.0 Å². The maximum absolute atomic E-state index is 12.5. The van der Waals surface area contributed by atoms with E-state index in [1.807, 2.05) is 67.6 Å². The molecule has 0 fully saturated rings. The second-order valence-corrected chi connectivity index (χ2v) is 6.77. The Bertz CT molecular complexity index is 846. The number of amides is 1. The van der Waals surface area contributed by atoms with Crippen molar-refractivity contribution in [3.8, 4) is 5.75 Å². The third kappa shape index (κ3) is 4.06. The largest absolute Gasteiger partial charge is 0.481 e. The fraction of sp³-hybridized carbons (Fsp3) is 0.150. The van der Waals surface area contributed by atoms with Crippen LogP contribution >= 0.6 is 22.6 Å². The van der Waals surface area contributed by atoms with Crippen molar-refractivity contribution in [2.45, 2.75) is 19.4 Å². The van der Waals surface area contributed by atoms with Crippen molar-refractivity contribution in [1.82, 2.24) is 0 Å². The van der Waals surface area contributed by atoms with Crippen LogP contribution in [0.15, 0.2) is 66.7 Å². The molecule has 0 aromatic heterocycles. The zero-order valence-electron chi connectivity index (χ0n) is 13.3. The fourth-order valence-electron chi connectivity index (χ4n) is 2.48. The maximum Gasteiger partial charge on any atom is 0.265 e. The number of fused-ring (bicyclic) bond motifs is 1. The third-order valence-corrected chi connectivity index (χ3v) is 4.49. The number of anilines is 1. The molecule has 0 bridgehead atoms. The molecule has 0 aliphatic heterocycles.